The Balaban J connectivity index is 1.99. The first-order valence-corrected chi connectivity index (χ1v) is 10.4. The van der Waals surface area contributed by atoms with E-state index in [4.69, 9.17) is 0 Å². The normalized spacial score (nSPS) is 16.5. The largest absolute Gasteiger partial charge is 0.341 e. The number of sulfonamides is 1. The van der Waals surface area contributed by atoms with E-state index in [1.165, 1.54) is 0 Å². The number of aryl methyl sites for hydroxylation is 1. The Hall–Kier alpha value is -1.40. The number of nitrogens with zero attached hydrogens (tertiary/aromatic N) is 1. The molecule has 1 amide bonds. The van der Waals surface area contributed by atoms with Crippen LogP contribution in [0.2, 0.25) is 0 Å². The first kappa shape index (κ1) is 18.9. The monoisotopic (exact) mass is 352 g/mol. The molecule has 0 spiro atoms. The summed E-state index contributed by atoms with van der Waals surface area (Å²) < 4.78 is 27.5. The van der Waals surface area contributed by atoms with Gasteiger partial charge in [0, 0.05) is 13.1 Å². The fourth-order valence-corrected chi connectivity index (χ4v) is 4.25. The zero-order valence-corrected chi connectivity index (χ0v) is 15.4. The van der Waals surface area contributed by atoms with Crippen LogP contribution in [0.25, 0.3) is 0 Å². The first-order valence-electron chi connectivity index (χ1n) is 8.70. The average molecular weight is 353 g/mol. The van der Waals surface area contributed by atoms with Crippen molar-refractivity contribution in [3.8, 4) is 0 Å². The Morgan fingerprint density at radius 1 is 1.17 bits per heavy atom. The lowest BCUT2D eigenvalue weighted by Gasteiger charge is -2.25. The summed E-state index contributed by atoms with van der Waals surface area (Å²) in [5.74, 6) is 0.168. The van der Waals surface area contributed by atoms with Crippen molar-refractivity contribution in [2.75, 3.05) is 18.8 Å². The number of likely N-dealkylation sites (tertiary alicyclic amines) is 1. The molecule has 0 saturated carbocycles. The molecule has 1 aromatic rings. The SMILES string of the molecule is CC(C)C[C@@H](NS(=O)(=O)CCc1ccccc1)C(=O)N1CCCC1. The third kappa shape index (κ3) is 5.91. The average Bonchev–Trinajstić information content (AvgIpc) is 3.06. The highest BCUT2D eigenvalue weighted by molar-refractivity contribution is 7.89. The van der Waals surface area contributed by atoms with Gasteiger partial charge in [0.05, 0.1) is 5.75 Å². The van der Waals surface area contributed by atoms with Crippen LogP contribution in [0.4, 0.5) is 0 Å². The third-order valence-corrected chi connectivity index (χ3v) is 5.63. The van der Waals surface area contributed by atoms with E-state index in [0.29, 0.717) is 12.8 Å². The number of rotatable bonds is 8. The number of hydrogen-bond acceptors (Lipinski definition) is 3. The predicted molar refractivity (Wildman–Crippen MR) is 96.1 cm³/mol. The number of nitrogens with one attached hydrogen (secondary N) is 1. The Morgan fingerprint density at radius 3 is 2.38 bits per heavy atom. The summed E-state index contributed by atoms with van der Waals surface area (Å²) in [6.07, 6.45) is 2.98. The van der Waals surface area contributed by atoms with Crippen molar-refractivity contribution in [3.63, 3.8) is 0 Å². The number of amides is 1. The molecule has 24 heavy (non-hydrogen) atoms. The quantitative estimate of drug-likeness (QED) is 0.780. The van der Waals surface area contributed by atoms with Crippen LogP contribution in [0.5, 0.6) is 0 Å². The molecular weight excluding hydrogens is 324 g/mol. The van der Waals surface area contributed by atoms with E-state index in [1.807, 2.05) is 44.2 Å². The molecule has 1 fully saturated rings. The van der Waals surface area contributed by atoms with Crippen LogP contribution >= 0.6 is 0 Å². The highest BCUT2D eigenvalue weighted by Crippen LogP contribution is 2.14. The van der Waals surface area contributed by atoms with E-state index in [-0.39, 0.29) is 17.6 Å². The minimum Gasteiger partial charge on any atom is -0.341 e. The van der Waals surface area contributed by atoms with Crippen LogP contribution in [0.1, 0.15) is 38.7 Å². The lowest BCUT2D eigenvalue weighted by molar-refractivity contribution is -0.132. The van der Waals surface area contributed by atoms with Crippen molar-refractivity contribution in [3.05, 3.63) is 35.9 Å². The Labute approximate surface area is 145 Å². The topological polar surface area (TPSA) is 66.5 Å². The van der Waals surface area contributed by atoms with Gasteiger partial charge in [-0.3, -0.25) is 4.79 Å². The molecule has 5 nitrogen and oxygen atoms in total. The van der Waals surface area contributed by atoms with Gasteiger partial charge in [-0.2, -0.15) is 0 Å². The summed E-state index contributed by atoms with van der Waals surface area (Å²) in [6, 6.07) is 8.88. The smallest absolute Gasteiger partial charge is 0.240 e. The van der Waals surface area contributed by atoms with Crippen molar-refractivity contribution in [1.29, 1.82) is 0 Å². The van der Waals surface area contributed by atoms with Crippen molar-refractivity contribution >= 4 is 15.9 Å². The van der Waals surface area contributed by atoms with Gasteiger partial charge in [0.15, 0.2) is 0 Å². The van der Waals surface area contributed by atoms with E-state index in [9.17, 15) is 13.2 Å². The van der Waals surface area contributed by atoms with Gasteiger partial charge in [0.1, 0.15) is 6.04 Å². The number of carbonyl (C=O) groups excluding carboxylic acids is 1. The summed E-state index contributed by atoms with van der Waals surface area (Å²) in [5.41, 5.74) is 0.981. The molecule has 0 aliphatic carbocycles. The van der Waals surface area contributed by atoms with Gasteiger partial charge in [-0.05, 0) is 37.2 Å². The molecule has 0 aromatic heterocycles. The molecule has 1 aromatic carbocycles. The summed E-state index contributed by atoms with van der Waals surface area (Å²) in [5, 5.41) is 0. The predicted octanol–water partition coefficient (Wildman–Crippen LogP) is 2.19. The fraction of sp³-hybridized carbons (Fsp3) is 0.611. The molecule has 134 valence electrons. The molecule has 6 heteroatoms. The van der Waals surface area contributed by atoms with Gasteiger partial charge in [0.2, 0.25) is 15.9 Å². The van der Waals surface area contributed by atoms with Crippen molar-refractivity contribution in [1.82, 2.24) is 9.62 Å². The zero-order chi connectivity index (χ0) is 17.6. The molecule has 0 radical (unpaired) electrons. The number of carbonyl (C=O) groups is 1. The Bertz CT molecular complexity index is 623. The molecule has 1 saturated heterocycles. The molecule has 1 N–H and O–H groups in total. The highest BCUT2D eigenvalue weighted by Gasteiger charge is 2.30. The van der Waals surface area contributed by atoms with Crippen LogP contribution in [0, 0.1) is 5.92 Å². The second-order valence-corrected chi connectivity index (χ2v) is 8.76. The molecule has 0 bridgehead atoms. The Morgan fingerprint density at radius 2 is 1.79 bits per heavy atom. The maximum atomic E-state index is 12.6. The number of benzene rings is 1. The van der Waals surface area contributed by atoms with Crippen LogP contribution in [-0.4, -0.2) is 44.1 Å². The minimum atomic E-state index is -3.50. The second-order valence-electron chi connectivity index (χ2n) is 6.89. The number of hydrogen-bond donors (Lipinski definition) is 1. The van der Waals surface area contributed by atoms with Crippen LogP contribution in [0.15, 0.2) is 30.3 Å². The van der Waals surface area contributed by atoms with Gasteiger partial charge in [-0.1, -0.05) is 44.2 Å². The van der Waals surface area contributed by atoms with Gasteiger partial charge >= 0.3 is 0 Å². The second kappa shape index (κ2) is 8.62. The fourth-order valence-electron chi connectivity index (χ4n) is 3.00. The van der Waals surface area contributed by atoms with E-state index in [0.717, 1.165) is 31.5 Å². The Kier molecular flexibility index (Phi) is 6.80. The molecule has 1 aliphatic rings. The maximum Gasteiger partial charge on any atom is 0.240 e. The lowest BCUT2D eigenvalue weighted by Crippen LogP contribution is -2.49. The van der Waals surface area contributed by atoms with Crippen LogP contribution in [-0.2, 0) is 21.2 Å². The first-order chi connectivity index (χ1) is 11.4. The van der Waals surface area contributed by atoms with Crippen LogP contribution < -0.4 is 4.72 Å². The summed E-state index contributed by atoms with van der Waals surface area (Å²) in [6.45, 7) is 5.48. The molecule has 1 aliphatic heterocycles. The van der Waals surface area contributed by atoms with Gasteiger partial charge in [-0.15, -0.1) is 0 Å². The van der Waals surface area contributed by atoms with Gasteiger partial charge < -0.3 is 4.90 Å². The third-order valence-electron chi connectivity index (χ3n) is 4.25. The zero-order valence-electron chi connectivity index (χ0n) is 14.6. The highest BCUT2D eigenvalue weighted by atomic mass is 32.2. The summed E-state index contributed by atoms with van der Waals surface area (Å²) >= 11 is 0. The molecule has 1 heterocycles. The van der Waals surface area contributed by atoms with E-state index >= 15 is 0 Å². The van der Waals surface area contributed by atoms with Gasteiger partial charge in [-0.25, -0.2) is 13.1 Å². The molecule has 2 rings (SSSR count). The van der Waals surface area contributed by atoms with Crippen molar-refractivity contribution in [2.24, 2.45) is 5.92 Å². The molecular formula is C18H28N2O3S. The molecule has 0 unspecified atom stereocenters. The molecule has 1 atom stereocenters. The minimum absolute atomic E-state index is 0.00110. The summed E-state index contributed by atoms with van der Waals surface area (Å²) in [7, 11) is -3.50. The van der Waals surface area contributed by atoms with E-state index < -0.39 is 16.1 Å². The van der Waals surface area contributed by atoms with E-state index in [2.05, 4.69) is 4.72 Å². The van der Waals surface area contributed by atoms with Crippen molar-refractivity contribution < 1.29 is 13.2 Å². The van der Waals surface area contributed by atoms with Crippen LogP contribution in [0.3, 0.4) is 0 Å². The summed E-state index contributed by atoms with van der Waals surface area (Å²) in [4.78, 5) is 14.4. The lowest BCUT2D eigenvalue weighted by atomic mass is 10.0. The maximum absolute atomic E-state index is 12.6. The standard InChI is InChI=1S/C18H28N2O3S/c1-15(2)14-17(18(21)20-11-6-7-12-20)19-24(22,23)13-10-16-8-4-3-5-9-16/h3-5,8-9,15,17,19H,6-7,10-14H2,1-2H3/t17-/m1/s1. The van der Waals surface area contributed by atoms with Gasteiger partial charge in [0.25, 0.3) is 0 Å². The van der Waals surface area contributed by atoms with Crippen molar-refractivity contribution in [2.45, 2.75) is 45.6 Å². The van der Waals surface area contributed by atoms with E-state index in [1.54, 1.807) is 4.90 Å².